The van der Waals surface area contributed by atoms with Gasteiger partial charge in [0.05, 0.1) is 0 Å². The number of hydrogen-bond acceptors (Lipinski definition) is 4. The first kappa shape index (κ1) is 12.8. The van der Waals surface area contributed by atoms with E-state index in [0.29, 0.717) is 36.6 Å². The van der Waals surface area contributed by atoms with Crippen LogP contribution in [0.1, 0.15) is 16.8 Å². The third-order valence-corrected chi connectivity index (χ3v) is 3.61. The largest absolute Gasteiger partial charge is 0.454 e. The number of fused-ring (bicyclic) bond motifs is 1. The fourth-order valence-corrected chi connectivity index (χ4v) is 2.47. The Labute approximate surface area is 116 Å². The molecule has 0 radical (unpaired) electrons. The number of ether oxygens (including phenoxy) is 2. The zero-order valence-electron chi connectivity index (χ0n) is 11.2. The van der Waals surface area contributed by atoms with Crippen molar-refractivity contribution in [1.29, 1.82) is 0 Å². The lowest BCUT2D eigenvalue weighted by Gasteiger charge is -2.11. The van der Waals surface area contributed by atoms with Crippen LogP contribution >= 0.6 is 0 Å². The minimum Gasteiger partial charge on any atom is -0.454 e. The van der Waals surface area contributed by atoms with E-state index in [4.69, 9.17) is 9.47 Å². The minimum atomic E-state index is -0.162. The molecule has 2 aliphatic rings. The van der Waals surface area contributed by atoms with E-state index in [9.17, 15) is 9.59 Å². The lowest BCUT2D eigenvalue weighted by molar-refractivity contribution is -0.126. The Balaban J connectivity index is 1.58. The summed E-state index contributed by atoms with van der Waals surface area (Å²) in [5.41, 5.74) is 0.534. The van der Waals surface area contributed by atoms with Gasteiger partial charge in [0.15, 0.2) is 11.5 Å². The molecule has 6 heteroatoms. The summed E-state index contributed by atoms with van der Waals surface area (Å²) in [5, 5.41) is 2.86. The first-order chi connectivity index (χ1) is 9.63. The first-order valence-electron chi connectivity index (χ1n) is 6.55. The van der Waals surface area contributed by atoms with Crippen molar-refractivity contribution in [1.82, 2.24) is 10.2 Å². The van der Waals surface area contributed by atoms with Gasteiger partial charge >= 0.3 is 0 Å². The molecule has 1 saturated heterocycles. The summed E-state index contributed by atoms with van der Waals surface area (Å²) in [5.74, 6) is 1.40. The van der Waals surface area contributed by atoms with Crippen molar-refractivity contribution >= 4 is 11.8 Å². The maximum atomic E-state index is 12.1. The van der Waals surface area contributed by atoms with Crippen molar-refractivity contribution < 1.29 is 19.1 Å². The van der Waals surface area contributed by atoms with Crippen LogP contribution < -0.4 is 14.8 Å². The van der Waals surface area contributed by atoms with E-state index in [1.165, 1.54) is 0 Å². The first-order valence-corrected chi connectivity index (χ1v) is 6.55. The number of carbonyl (C=O) groups is 2. The highest BCUT2D eigenvalue weighted by atomic mass is 16.7. The number of hydrogen-bond donors (Lipinski definition) is 1. The van der Waals surface area contributed by atoms with Crippen LogP contribution in [-0.4, -0.2) is 43.6 Å². The molecule has 3 rings (SSSR count). The Kier molecular flexibility index (Phi) is 3.22. The molecule has 0 aromatic heterocycles. The van der Waals surface area contributed by atoms with Crippen molar-refractivity contribution in [3.63, 3.8) is 0 Å². The second-order valence-electron chi connectivity index (χ2n) is 5.12. The van der Waals surface area contributed by atoms with Gasteiger partial charge < -0.3 is 19.7 Å². The molecule has 0 aliphatic carbocycles. The Morgan fingerprint density at radius 1 is 1.40 bits per heavy atom. The highest BCUT2D eigenvalue weighted by Crippen LogP contribution is 2.32. The van der Waals surface area contributed by atoms with E-state index in [0.717, 1.165) is 0 Å². The van der Waals surface area contributed by atoms with Gasteiger partial charge in [-0.05, 0) is 18.2 Å². The Bertz CT molecular complexity index is 558. The maximum Gasteiger partial charge on any atom is 0.251 e. The number of rotatable bonds is 3. The van der Waals surface area contributed by atoms with Crippen LogP contribution in [0.25, 0.3) is 0 Å². The van der Waals surface area contributed by atoms with E-state index in [1.54, 1.807) is 30.1 Å². The maximum absolute atomic E-state index is 12.1. The highest BCUT2D eigenvalue weighted by Gasteiger charge is 2.27. The van der Waals surface area contributed by atoms with E-state index in [1.807, 2.05) is 0 Å². The Morgan fingerprint density at radius 3 is 2.95 bits per heavy atom. The third-order valence-electron chi connectivity index (χ3n) is 3.61. The molecule has 0 bridgehead atoms. The van der Waals surface area contributed by atoms with Crippen LogP contribution in [0.5, 0.6) is 11.5 Å². The zero-order valence-corrected chi connectivity index (χ0v) is 11.2. The van der Waals surface area contributed by atoms with Crippen molar-refractivity contribution in [2.75, 3.05) is 26.9 Å². The van der Waals surface area contributed by atoms with Gasteiger partial charge in [-0.25, -0.2) is 0 Å². The zero-order chi connectivity index (χ0) is 14.1. The Morgan fingerprint density at radius 2 is 2.20 bits per heavy atom. The van der Waals surface area contributed by atoms with Crippen LogP contribution in [-0.2, 0) is 4.79 Å². The molecule has 2 amide bonds. The summed E-state index contributed by atoms with van der Waals surface area (Å²) >= 11 is 0. The summed E-state index contributed by atoms with van der Waals surface area (Å²) < 4.78 is 10.4. The van der Waals surface area contributed by atoms with Crippen molar-refractivity contribution in [3.05, 3.63) is 23.8 Å². The van der Waals surface area contributed by atoms with E-state index < -0.39 is 0 Å². The average Bonchev–Trinajstić information content (AvgIpc) is 3.02. The molecule has 2 heterocycles. The topological polar surface area (TPSA) is 67.9 Å². The molecule has 1 aromatic rings. The van der Waals surface area contributed by atoms with Crippen LogP contribution in [0.3, 0.4) is 0 Å². The summed E-state index contributed by atoms with van der Waals surface area (Å²) in [4.78, 5) is 25.2. The predicted molar refractivity (Wildman–Crippen MR) is 70.6 cm³/mol. The lowest BCUT2D eigenvalue weighted by atomic mass is 10.1. The third kappa shape index (κ3) is 2.41. The van der Waals surface area contributed by atoms with Gasteiger partial charge in [-0.3, -0.25) is 9.59 Å². The summed E-state index contributed by atoms with van der Waals surface area (Å²) in [6.07, 6.45) is 0.498. The second-order valence-corrected chi connectivity index (χ2v) is 5.12. The van der Waals surface area contributed by atoms with Gasteiger partial charge in [-0.1, -0.05) is 0 Å². The molecule has 1 fully saturated rings. The average molecular weight is 276 g/mol. The van der Waals surface area contributed by atoms with Crippen molar-refractivity contribution in [2.24, 2.45) is 5.92 Å². The van der Waals surface area contributed by atoms with Crippen LogP contribution in [0, 0.1) is 5.92 Å². The number of carbonyl (C=O) groups excluding carboxylic acids is 2. The predicted octanol–water partition coefficient (Wildman–Crippen LogP) is 0.623. The quantitative estimate of drug-likeness (QED) is 0.879. The van der Waals surface area contributed by atoms with Gasteiger partial charge in [0.2, 0.25) is 12.7 Å². The van der Waals surface area contributed by atoms with E-state index in [2.05, 4.69) is 5.32 Å². The fourth-order valence-electron chi connectivity index (χ4n) is 2.47. The van der Waals surface area contributed by atoms with E-state index >= 15 is 0 Å². The van der Waals surface area contributed by atoms with Gasteiger partial charge in [0.1, 0.15) is 0 Å². The molecule has 0 spiro atoms. The minimum absolute atomic E-state index is 0.132. The molecule has 0 saturated carbocycles. The molecule has 1 N–H and O–H groups in total. The number of likely N-dealkylation sites (tertiary alicyclic amines) is 1. The molecule has 1 aromatic carbocycles. The molecular weight excluding hydrogens is 260 g/mol. The molecule has 2 aliphatic heterocycles. The molecule has 20 heavy (non-hydrogen) atoms. The molecule has 6 nitrogen and oxygen atoms in total. The molecular formula is C14H16N2O4. The second kappa shape index (κ2) is 5.03. The number of nitrogens with one attached hydrogen (secondary N) is 1. The lowest BCUT2D eigenvalue weighted by Crippen LogP contribution is -2.30. The molecule has 1 atom stereocenters. The van der Waals surface area contributed by atoms with Crippen LogP contribution in [0.2, 0.25) is 0 Å². The number of amides is 2. The number of benzene rings is 1. The summed E-state index contributed by atoms with van der Waals surface area (Å²) in [6.45, 7) is 1.39. The smallest absolute Gasteiger partial charge is 0.251 e. The van der Waals surface area contributed by atoms with Crippen LogP contribution in [0.4, 0.5) is 0 Å². The van der Waals surface area contributed by atoms with Gasteiger partial charge in [-0.2, -0.15) is 0 Å². The molecule has 1 unspecified atom stereocenters. The fraction of sp³-hybridized carbons (Fsp3) is 0.429. The normalized spacial score (nSPS) is 20.4. The van der Waals surface area contributed by atoms with Gasteiger partial charge in [0.25, 0.3) is 5.91 Å². The summed E-state index contributed by atoms with van der Waals surface area (Å²) in [7, 11) is 1.78. The van der Waals surface area contributed by atoms with Gasteiger partial charge in [0, 0.05) is 38.0 Å². The number of nitrogens with zero attached hydrogens (tertiary/aromatic N) is 1. The monoisotopic (exact) mass is 276 g/mol. The molecule has 106 valence electrons. The Hall–Kier alpha value is -2.24. The van der Waals surface area contributed by atoms with E-state index in [-0.39, 0.29) is 24.5 Å². The van der Waals surface area contributed by atoms with Crippen LogP contribution in [0.15, 0.2) is 18.2 Å². The summed E-state index contributed by atoms with van der Waals surface area (Å²) in [6, 6.07) is 5.10. The van der Waals surface area contributed by atoms with Crippen molar-refractivity contribution in [2.45, 2.75) is 6.42 Å². The SMILES string of the molecule is CN1CC(CNC(=O)c2ccc3c(c2)OCO3)CC1=O. The standard InChI is InChI=1S/C14H16N2O4/c1-16-7-9(4-13(16)17)6-15-14(18)10-2-3-11-12(5-10)20-8-19-11/h2-3,5,9H,4,6-8H2,1H3,(H,15,18). The van der Waals surface area contributed by atoms with Crippen molar-refractivity contribution in [3.8, 4) is 11.5 Å². The highest BCUT2D eigenvalue weighted by molar-refractivity contribution is 5.95. The van der Waals surface area contributed by atoms with Gasteiger partial charge in [-0.15, -0.1) is 0 Å².